The van der Waals surface area contributed by atoms with Gasteiger partial charge in [0.05, 0.1) is 33.4 Å². The van der Waals surface area contributed by atoms with Gasteiger partial charge in [-0.1, -0.05) is 18.7 Å². The Balaban J connectivity index is 1.28. The Labute approximate surface area is 235 Å². The molecule has 212 valence electrons. The van der Waals surface area contributed by atoms with Crippen LogP contribution in [-0.4, -0.2) is 45.1 Å². The van der Waals surface area contributed by atoms with E-state index in [-0.39, 0.29) is 24.4 Å². The standard InChI is InChI=1S/C33H37FO6/c1-20-14-27(39-26-12-13-37-19-26)15-21(2)33(20)23-6-5-7-30(22(3)29(34)11-8-23)40-25-9-10-28-24(16-32(35)36-4)18-38-31(28)17-25/h8-11,14-15,17,24,26,30H,3,5-7,12-13,16,18-19H2,1-2,4H3/b23-8+,29-11+/t24-,26+,30-/m1/s1. The van der Waals surface area contributed by atoms with Crippen molar-refractivity contribution in [2.45, 2.75) is 64.1 Å². The van der Waals surface area contributed by atoms with Crippen molar-refractivity contribution in [3.8, 4) is 17.2 Å². The molecule has 2 aliphatic heterocycles. The Kier molecular flexibility index (Phi) is 8.60. The highest BCUT2D eigenvalue weighted by molar-refractivity contribution is 5.73. The first kappa shape index (κ1) is 28.0. The number of methoxy groups -OCH3 is 1. The predicted octanol–water partition coefficient (Wildman–Crippen LogP) is 6.93. The molecule has 40 heavy (non-hydrogen) atoms. The molecular formula is C33H37FO6. The molecule has 1 aliphatic carbocycles. The molecule has 0 bridgehead atoms. The van der Waals surface area contributed by atoms with E-state index in [1.165, 1.54) is 13.2 Å². The molecule has 0 saturated carbocycles. The average Bonchev–Trinajstić information content (AvgIpc) is 3.59. The summed E-state index contributed by atoms with van der Waals surface area (Å²) >= 11 is 0. The number of hydrogen-bond acceptors (Lipinski definition) is 6. The number of fused-ring (bicyclic) bond motifs is 1. The van der Waals surface area contributed by atoms with Crippen LogP contribution in [0.5, 0.6) is 17.2 Å². The fourth-order valence-electron chi connectivity index (χ4n) is 5.75. The summed E-state index contributed by atoms with van der Waals surface area (Å²) in [5.41, 5.74) is 5.67. The summed E-state index contributed by atoms with van der Waals surface area (Å²) < 4.78 is 43.7. The molecule has 3 atom stereocenters. The van der Waals surface area contributed by atoms with Crippen molar-refractivity contribution in [1.82, 2.24) is 0 Å². The van der Waals surface area contributed by atoms with Crippen LogP contribution in [0.1, 0.15) is 60.3 Å². The van der Waals surface area contributed by atoms with Crippen LogP contribution >= 0.6 is 0 Å². The van der Waals surface area contributed by atoms with E-state index in [0.29, 0.717) is 36.7 Å². The van der Waals surface area contributed by atoms with Crippen molar-refractivity contribution < 1.29 is 32.9 Å². The normalized spacial score (nSPS) is 25.3. The van der Waals surface area contributed by atoms with E-state index < -0.39 is 11.9 Å². The van der Waals surface area contributed by atoms with Crippen LogP contribution in [0, 0.1) is 13.8 Å². The zero-order valence-corrected chi connectivity index (χ0v) is 23.5. The zero-order chi connectivity index (χ0) is 28.2. The van der Waals surface area contributed by atoms with Crippen LogP contribution in [0.3, 0.4) is 0 Å². The Morgan fingerprint density at radius 3 is 2.58 bits per heavy atom. The molecule has 1 saturated heterocycles. The van der Waals surface area contributed by atoms with E-state index in [0.717, 1.165) is 59.4 Å². The summed E-state index contributed by atoms with van der Waals surface area (Å²) in [5.74, 6) is 1.39. The molecule has 2 heterocycles. The Bertz CT molecular complexity index is 1310. The third kappa shape index (κ3) is 6.25. The molecule has 6 nitrogen and oxygen atoms in total. The monoisotopic (exact) mass is 548 g/mol. The molecule has 0 aromatic heterocycles. The maximum Gasteiger partial charge on any atom is 0.306 e. The first-order valence-electron chi connectivity index (χ1n) is 13.9. The Morgan fingerprint density at radius 1 is 1.05 bits per heavy atom. The molecule has 7 heteroatoms. The van der Waals surface area contributed by atoms with Gasteiger partial charge in [-0.15, -0.1) is 0 Å². The van der Waals surface area contributed by atoms with Crippen molar-refractivity contribution in [3.63, 3.8) is 0 Å². The van der Waals surface area contributed by atoms with E-state index in [4.69, 9.17) is 23.7 Å². The quantitative estimate of drug-likeness (QED) is 0.350. The summed E-state index contributed by atoms with van der Waals surface area (Å²) in [6, 6.07) is 9.69. The van der Waals surface area contributed by atoms with Gasteiger partial charge in [0.25, 0.3) is 0 Å². The first-order chi connectivity index (χ1) is 19.3. The van der Waals surface area contributed by atoms with Gasteiger partial charge in [0.1, 0.15) is 35.3 Å². The molecule has 0 N–H and O–H groups in total. The minimum Gasteiger partial charge on any atom is -0.492 e. The molecule has 3 aliphatic rings. The number of allylic oxidation sites excluding steroid dienone is 3. The second-order valence-corrected chi connectivity index (χ2v) is 10.8. The summed E-state index contributed by atoms with van der Waals surface area (Å²) in [4.78, 5) is 11.7. The number of aryl methyl sites for hydroxylation is 2. The molecule has 2 aromatic rings. The number of carbonyl (C=O) groups excluding carboxylic acids is 1. The molecule has 5 rings (SSSR count). The number of rotatable bonds is 7. The largest absolute Gasteiger partial charge is 0.492 e. The lowest BCUT2D eigenvalue weighted by atomic mass is 9.91. The van der Waals surface area contributed by atoms with Gasteiger partial charge in [0.2, 0.25) is 0 Å². The van der Waals surface area contributed by atoms with Gasteiger partial charge in [-0.2, -0.15) is 0 Å². The molecule has 0 spiro atoms. The van der Waals surface area contributed by atoms with Gasteiger partial charge in [0, 0.05) is 29.5 Å². The van der Waals surface area contributed by atoms with Crippen LogP contribution in [-0.2, 0) is 14.3 Å². The second kappa shape index (κ2) is 12.3. The zero-order valence-electron chi connectivity index (χ0n) is 23.5. The SMILES string of the molecule is C=C1/C(F)=C\C=C(\c2c(C)cc(O[C@H]3CCOC3)cc2C)CCC[C@H]1Oc1ccc2c(c1)OC[C@H]2CC(=O)OC. The number of hydrogen-bond donors (Lipinski definition) is 0. The van der Waals surface area contributed by atoms with Crippen molar-refractivity contribution in [1.29, 1.82) is 0 Å². The van der Waals surface area contributed by atoms with Crippen molar-refractivity contribution in [3.05, 3.63) is 82.7 Å². The smallest absolute Gasteiger partial charge is 0.306 e. The topological polar surface area (TPSA) is 63.2 Å². The number of halogens is 1. The maximum atomic E-state index is 15.3. The molecule has 2 aromatic carbocycles. The van der Waals surface area contributed by atoms with Gasteiger partial charge in [-0.05, 0) is 79.6 Å². The first-order valence-corrected chi connectivity index (χ1v) is 13.9. The molecule has 0 amide bonds. The van der Waals surface area contributed by atoms with Gasteiger partial charge in [-0.3, -0.25) is 4.79 Å². The van der Waals surface area contributed by atoms with Crippen LogP contribution in [0.4, 0.5) is 4.39 Å². The number of carbonyl (C=O) groups is 1. The third-order valence-corrected chi connectivity index (χ3v) is 7.84. The lowest BCUT2D eigenvalue weighted by Crippen LogP contribution is -2.19. The summed E-state index contributed by atoms with van der Waals surface area (Å²) in [6.45, 7) is 9.95. The highest BCUT2D eigenvalue weighted by atomic mass is 19.1. The van der Waals surface area contributed by atoms with Crippen LogP contribution in [0.25, 0.3) is 5.57 Å². The molecule has 0 unspecified atom stereocenters. The summed E-state index contributed by atoms with van der Waals surface area (Å²) in [6.07, 6.45) is 6.30. The van der Waals surface area contributed by atoms with Crippen molar-refractivity contribution in [2.24, 2.45) is 0 Å². The fourth-order valence-corrected chi connectivity index (χ4v) is 5.75. The lowest BCUT2D eigenvalue weighted by Gasteiger charge is -2.21. The van der Waals surface area contributed by atoms with Crippen LogP contribution in [0.15, 0.2) is 60.5 Å². The summed E-state index contributed by atoms with van der Waals surface area (Å²) in [7, 11) is 1.38. The minimum absolute atomic E-state index is 0.0505. The maximum absolute atomic E-state index is 15.3. The highest BCUT2D eigenvalue weighted by Crippen LogP contribution is 2.40. The van der Waals surface area contributed by atoms with Crippen LogP contribution < -0.4 is 14.2 Å². The Hall–Kier alpha value is -3.58. The van der Waals surface area contributed by atoms with E-state index in [1.807, 2.05) is 24.3 Å². The number of benzene rings is 2. The number of ether oxygens (including phenoxy) is 5. The molecular weight excluding hydrogens is 511 g/mol. The predicted molar refractivity (Wildman–Crippen MR) is 152 cm³/mol. The van der Waals surface area contributed by atoms with Gasteiger partial charge >= 0.3 is 5.97 Å². The molecule has 1 fully saturated rings. The lowest BCUT2D eigenvalue weighted by molar-refractivity contribution is -0.141. The second-order valence-electron chi connectivity index (χ2n) is 10.8. The van der Waals surface area contributed by atoms with E-state index in [2.05, 4.69) is 32.6 Å². The van der Waals surface area contributed by atoms with Crippen LogP contribution in [0.2, 0.25) is 0 Å². The third-order valence-electron chi connectivity index (χ3n) is 7.84. The van der Waals surface area contributed by atoms with Crippen molar-refractivity contribution in [2.75, 3.05) is 26.9 Å². The highest BCUT2D eigenvalue weighted by Gasteiger charge is 2.28. The minimum atomic E-state index is -0.513. The fraction of sp³-hybridized carbons (Fsp3) is 0.424. The van der Waals surface area contributed by atoms with Gasteiger partial charge in [0.15, 0.2) is 0 Å². The Morgan fingerprint density at radius 2 is 1.85 bits per heavy atom. The van der Waals surface area contributed by atoms with Gasteiger partial charge < -0.3 is 23.7 Å². The number of esters is 1. The van der Waals surface area contributed by atoms with E-state index in [1.54, 1.807) is 0 Å². The molecule has 0 radical (unpaired) electrons. The van der Waals surface area contributed by atoms with E-state index in [9.17, 15) is 4.79 Å². The van der Waals surface area contributed by atoms with Crippen molar-refractivity contribution >= 4 is 11.5 Å². The van der Waals surface area contributed by atoms with E-state index >= 15 is 4.39 Å². The summed E-state index contributed by atoms with van der Waals surface area (Å²) in [5, 5.41) is 0. The average molecular weight is 549 g/mol. The van der Waals surface area contributed by atoms with Gasteiger partial charge in [-0.25, -0.2) is 4.39 Å².